The van der Waals surface area contributed by atoms with Crippen LogP contribution in [0.4, 0.5) is 0 Å². The first-order chi connectivity index (χ1) is 18.5. The Bertz CT molecular complexity index is 1490. The molecular weight excluding hydrogens is 488 g/mol. The monoisotopic (exact) mass is 514 g/mol. The number of carboxylic acid groups (broad SMARTS) is 1. The molecule has 0 fully saturated rings. The van der Waals surface area contributed by atoms with Gasteiger partial charge < -0.3 is 9.84 Å². The Morgan fingerprint density at radius 2 is 1.42 bits per heavy atom. The van der Waals surface area contributed by atoms with Crippen molar-refractivity contribution >= 4 is 23.3 Å². The maximum atomic E-state index is 10.7. The van der Waals surface area contributed by atoms with E-state index in [-0.39, 0.29) is 6.61 Å². The van der Waals surface area contributed by atoms with Crippen LogP contribution in [-0.2, 0) is 4.79 Å². The number of hydrogen-bond donors (Lipinski definition) is 1. The lowest BCUT2D eigenvalue weighted by Gasteiger charge is -2.13. The summed E-state index contributed by atoms with van der Waals surface area (Å²) in [7, 11) is 0. The van der Waals surface area contributed by atoms with Crippen LogP contribution < -0.4 is 4.74 Å². The second-order valence-corrected chi connectivity index (χ2v) is 9.59. The van der Waals surface area contributed by atoms with Crippen LogP contribution in [0.5, 0.6) is 5.75 Å². The fourth-order valence-corrected chi connectivity index (χ4v) is 4.82. The average Bonchev–Trinajstić information content (AvgIpc) is 2.93. The molecule has 3 nitrogen and oxygen atoms in total. The summed E-state index contributed by atoms with van der Waals surface area (Å²) in [6.07, 6.45) is 13.7. The molecule has 0 aliphatic heterocycles. The number of terminal acetylenes is 2. The summed E-state index contributed by atoms with van der Waals surface area (Å²) in [6.45, 7) is 1.54. The number of hydrogen-bond acceptors (Lipinski definition) is 3. The summed E-state index contributed by atoms with van der Waals surface area (Å²) in [4.78, 5) is 11.8. The van der Waals surface area contributed by atoms with E-state index in [4.69, 9.17) is 22.7 Å². The van der Waals surface area contributed by atoms with Gasteiger partial charge in [0.1, 0.15) is 5.75 Å². The Labute approximate surface area is 228 Å². The maximum absolute atomic E-state index is 10.7. The van der Waals surface area contributed by atoms with Gasteiger partial charge in [-0.3, -0.25) is 0 Å². The molecule has 2 aliphatic rings. The molecule has 0 atom stereocenters. The Morgan fingerprint density at radius 1 is 0.868 bits per heavy atom. The topological polar surface area (TPSA) is 46.5 Å². The van der Waals surface area contributed by atoms with E-state index in [1.165, 1.54) is 11.1 Å². The van der Waals surface area contributed by atoms with Crippen LogP contribution in [0.3, 0.4) is 0 Å². The minimum atomic E-state index is -1.000. The lowest BCUT2D eigenvalue weighted by atomic mass is 9.91. The number of rotatable bonds is 8. The van der Waals surface area contributed by atoms with Crippen molar-refractivity contribution in [2.45, 2.75) is 11.8 Å². The van der Waals surface area contributed by atoms with Gasteiger partial charge in [-0.1, -0.05) is 78.6 Å². The van der Waals surface area contributed by atoms with E-state index in [1.807, 2.05) is 67.6 Å². The summed E-state index contributed by atoms with van der Waals surface area (Å²) >= 11 is 1.66. The molecule has 38 heavy (non-hydrogen) atoms. The molecule has 3 aromatic carbocycles. The molecule has 0 saturated carbocycles. The van der Waals surface area contributed by atoms with Crippen molar-refractivity contribution in [2.75, 3.05) is 12.4 Å². The third kappa shape index (κ3) is 6.37. The molecule has 1 N–H and O–H groups in total. The van der Waals surface area contributed by atoms with Gasteiger partial charge in [-0.05, 0) is 70.6 Å². The molecule has 4 heteroatoms. The minimum absolute atomic E-state index is 0.359. The zero-order chi connectivity index (χ0) is 26.9. The predicted octanol–water partition coefficient (Wildman–Crippen LogP) is 7.31. The number of fused-ring (bicyclic) bond motifs is 1. The lowest BCUT2D eigenvalue weighted by Crippen LogP contribution is -2.09. The highest BCUT2D eigenvalue weighted by molar-refractivity contribution is 7.99. The van der Waals surface area contributed by atoms with E-state index in [0.29, 0.717) is 11.5 Å². The zero-order valence-corrected chi connectivity index (χ0v) is 21.8. The molecule has 0 radical (unpaired) electrons. The number of aliphatic carboxylic acids is 1. The van der Waals surface area contributed by atoms with Gasteiger partial charge in [0, 0.05) is 21.8 Å². The van der Waals surface area contributed by atoms with E-state index >= 15 is 0 Å². The van der Waals surface area contributed by atoms with Gasteiger partial charge in [0.2, 0.25) is 0 Å². The summed E-state index contributed by atoms with van der Waals surface area (Å²) in [6, 6.07) is 29.8. The molecule has 0 amide bonds. The van der Waals surface area contributed by atoms with Gasteiger partial charge in [-0.2, -0.15) is 0 Å². The highest BCUT2D eigenvalue weighted by atomic mass is 32.2. The molecule has 0 unspecified atom stereocenters. The normalized spacial score (nSPS) is 10.2. The molecule has 3 aromatic rings. The van der Waals surface area contributed by atoms with Crippen LogP contribution in [0.1, 0.15) is 27.8 Å². The van der Waals surface area contributed by atoms with Crippen LogP contribution in [0.25, 0.3) is 16.7 Å². The largest absolute Gasteiger partial charge is 0.482 e. The number of carboxylic acids is 1. The van der Waals surface area contributed by atoms with E-state index < -0.39 is 5.97 Å². The van der Waals surface area contributed by atoms with Crippen molar-refractivity contribution in [3.8, 4) is 41.6 Å². The van der Waals surface area contributed by atoms with Gasteiger partial charge in [0.05, 0.1) is 0 Å². The van der Waals surface area contributed by atoms with Crippen LogP contribution in [0.15, 0.2) is 102 Å². The summed E-state index contributed by atoms with van der Waals surface area (Å²) in [5, 5.41) is 8.79. The van der Waals surface area contributed by atoms with Gasteiger partial charge in [0.15, 0.2) is 6.61 Å². The predicted molar refractivity (Wildman–Crippen MR) is 156 cm³/mol. The molecule has 0 saturated heterocycles. The molecule has 0 aromatic heterocycles. The Hall–Kier alpha value is -4.64. The second kappa shape index (κ2) is 12.5. The fraction of sp³-hybridized carbons (Fsp3) is 0.0882. The number of ether oxygens (including phenoxy) is 1. The second-order valence-electron chi connectivity index (χ2n) is 8.50. The van der Waals surface area contributed by atoms with Gasteiger partial charge in [0.25, 0.3) is 0 Å². The number of carbonyl (C=O) groups is 1. The maximum Gasteiger partial charge on any atom is 0.341 e. The van der Waals surface area contributed by atoms with Gasteiger partial charge in [-0.25, -0.2) is 4.79 Å². The summed E-state index contributed by atoms with van der Waals surface area (Å²) < 4.78 is 5.30. The van der Waals surface area contributed by atoms with E-state index in [1.54, 1.807) is 17.8 Å². The summed E-state index contributed by atoms with van der Waals surface area (Å²) in [5.74, 6) is 5.80. The average molecular weight is 515 g/mol. The molecule has 186 valence electrons. The molecule has 2 aliphatic carbocycles. The minimum Gasteiger partial charge on any atom is -0.482 e. The fourth-order valence-electron chi connectivity index (χ4n) is 3.95. The molecule has 5 rings (SSSR count). The smallest absolute Gasteiger partial charge is 0.341 e. The van der Waals surface area contributed by atoms with Crippen molar-refractivity contribution < 1.29 is 14.6 Å². The van der Waals surface area contributed by atoms with Gasteiger partial charge in [-0.15, -0.1) is 24.6 Å². The number of aryl methyl sites for hydroxylation is 1. The van der Waals surface area contributed by atoms with Crippen LogP contribution in [0, 0.1) is 31.6 Å². The third-order valence-electron chi connectivity index (χ3n) is 6.00. The van der Waals surface area contributed by atoms with E-state index in [0.717, 1.165) is 38.3 Å². The first kappa shape index (κ1) is 26.4. The number of thioether (sulfide) groups is 1. The first-order valence-electron chi connectivity index (χ1n) is 12.0. The number of benzene rings is 4. The van der Waals surface area contributed by atoms with E-state index in [9.17, 15) is 4.79 Å². The van der Waals surface area contributed by atoms with E-state index in [2.05, 4.69) is 42.2 Å². The molecular formula is C34H26O3S. The highest BCUT2D eigenvalue weighted by Crippen LogP contribution is 2.31. The summed E-state index contributed by atoms with van der Waals surface area (Å²) in [5.41, 5.74) is 8.29. The Kier molecular flexibility index (Phi) is 8.73. The van der Waals surface area contributed by atoms with Crippen LogP contribution in [-0.4, -0.2) is 23.4 Å². The first-order valence-corrected chi connectivity index (χ1v) is 13.0. The lowest BCUT2D eigenvalue weighted by molar-refractivity contribution is -0.139. The standard InChI is InChI=1S/C28H22O3S.C6H4/c1-4-21-10-6-8-12-24(21)26(25-13-9-7-11-22(25)5-2)16-17-32-23-14-15-27(20(3)18-23)31-19-28(29)30;1-2-6-4-3-5(1)6/h1-2,6-16,18H,17,19H2,3H3,(H,29,30);1-4H. The van der Waals surface area contributed by atoms with Crippen molar-refractivity contribution in [3.63, 3.8) is 0 Å². The molecule has 0 heterocycles. The SMILES string of the molecule is C#Cc1ccccc1C(=CCSc1ccc(OCC(=O)O)c(C)c1)c1ccccc1C#C.c1cc2ccc1-2. The zero-order valence-electron chi connectivity index (χ0n) is 21.0. The van der Waals surface area contributed by atoms with Crippen LogP contribution >= 0.6 is 11.8 Å². The Morgan fingerprint density at radius 3 is 1.87 bits per heavy atom. The van der Waals surface area contributed by atoms with Crippen molar-refractivity contribution in [1.29, 1.82) is 0 Å². The quantitative estimate of drug-likeness (QED) is 0.174. The third-order valence-corrected chi connectivity index (χ3v) is 6.92. The van der Waals surface area contributed by atoms with Crippen molar-refractivity contribution in [3.05, 3.63) is 125 Å². The van der Waals surface area contributed by atoms with Crippen molar-refractivity contribution in [1.82, 2.24) is 0 Å². The Balaban J connectivity index is 0.000000483. The van der Waals surface area contributed by atoms with Crippen LogP contribution in [0.2, 0.25) is 0 Å². The highest BCUT2D eigenvalue weighted by Gasteiger charge is 2.12. The molecule has 0 spiro atoms. The van der Waals surface area contributed by atoms with Gasteiger partial charge >= 0.3 is 5.97 Å². The molecule has 0 bridgehead atoms. The van der Waals surface area contributed by atoms with Crippen molar-refractivity contribution in [2.24, 2.45) is 0 Å².